The Morgan fingerprint density at radius 2 is 1.78 bits per heavy atom. The number of rotatable bonds is 7. The molecule has 3 aliphatic heterocycles. The van der Waals surface area contributed by atoms with E-state index in [4.69, 9.17) is 0 Å². The van der Waals surface area contributed by atoms with Crippen molar-refractivity contribution in [3.8, 4) is 11.3 Å². The Kier molecular flexibility index (Phi) is 8.09. The molecule has 0 radical (unpaired) electrons. The minimum absolute atomic E-state index is 0.0588. The number of carbonyl (C=O) groups is 1. The van der Waals surface area contributed by atoms with Crippen LogP contribution in [0.5, 0.6) is 0 Å². The summed E-state index contributed by atoms with van der Waals surface area (Å²) in [5, 5.41) is 5.03. The summed E-state index contributed by atoms with van der Waals surface area (Å²) >= 11 is 0. The molecule has 1 amide bonds. The minimum atomic E-state index is -3.33. The van der Waals surface area contributed by atoms with Crippen molar-refractivity contribution in [2.45, 2.75) is 25.4 Å². The van der Waals surface area contributed by atoms with Crippen molar-refractivity contribution < 1.29 is 21.6 Å². The molecule has 0 spiro atoms. The number of sulfonamides is 1. The lowest BCUT2D eigenvalue weighted by Gasteiger charge is -2.36. The van der Waals surface area contributed by atoms with Gasteiger partial charge in [0.05, 0.1) is 16.9 Å². The van der Waals surface area contributed by atoms with Crippen LogP contribution >= 0.6 is 0 Å². The van der Waals surface area contributed by atoms with Crippen LogP contribution in [0.15, 0.2) is 66.5 Å². The topological polar surface area (TPSA) is 162 Å². The Bertz CT molecular complexity index is 2020. The molecule has 3 aromatic heterocycles. The summed E-state index contributed by atoms with van der Waals surface area (Å²) in [6.07, 6.45) is 6.53. The van der Waals surface area contributed by atoms with Gasteiger partial charge in [0.15, 0.2) is 9.84 Å². The highest BCUT2D eigenvalue weighted by molar-refractivity contribution is 7.92. The van der Waals surface area contributed by atoms with E-state index in [1.807, 2.05) is 41.3 Å². The van der Waals surface area contributed by atoms with Gasteiger partial charge in [-0.1, -0.05) is 18.2 Å². The van der Waals surface area contributed by atoms with Crippen LogP contribution in [0.1, 0.15) is 28.9 Å². The highest BCUT2D eigenvalue weighted by atomic mass is 32.2. The number of fused-ring (bicyclic) bond motifs is 1. The monoisotopic (exact) mass is 662 g/mol. The van der Waals surface area contributed by atoms with Crippen molar-refractivity contribution >= 4 is 48.3 Å². The molecule has 1 aromatic carbocycles. The van der Waals surface area contributed by atoms with Gasteiger partial charge in [-0.2, -0.15) is 4.31 Å². The normalized spacial score (nSPS) is 21.5. The van der Waals surface area contributed by atoms with E-state index in [2.05, 4.69) is 30.2 Å². The maximum Gasteiger partial charge on any atom is 0.274 e. The average Bonchev–Trinajstić information content (AvgIpc) is 3.64. The van der Waals surface area contributed by atoms with Gasteiger partial charge in [0, 0.05) is 61.8 Å². The molecule has 0 saturated carbocycles. The Morgan fingerprint density at radius 3 is 2.54 bits per heavy atom. The van der Waals surface area contributed by atoms with Gasteiger partial charge in [0.1, 0.15) is 23.5 Å². The van der Waals surface area contributed by atoms with Crippen molar-refractivity contribution in [1.29, 1.82) is 0 Å². The largest absolute Gasteiger partial charge is 0.354 e. The molecule has 4 aromatic rings. The van der Waals surface area contributed by atoms with E-state index >= 15 is 0 Å². The molecule has 0 unspecified atom stereocenters. The van der Waals surface area contributed by atoms with E-state index in [-0.39, 0.29) is 23.5 Å². The Hall–Kier alpha value is -4.18. The third-order valence-electron chi connectivity index (χ3n) is 8.73. The van der Waals surface area contributed by atoms with Gasteiger partial charge >= 0.3 is 0 Å². The summed E-state index contributed by atoms with van der Waals surface area (Å²) in [5.74, 6) is 0.590. The summed E-state index contributed by atoms with van der Waals surface area (Å²) in [5.41, 5.74) is 4.23. The third-order valence-corrected chi connectivity index (χ3v) is 12.0. The number of carbonyl (C=O) groups excluding carboxylic acids is 1. The maximum atomic E-state index is 13.1. The van der Waals surface area contributed by atoms with Crippen LogP contribution in [0.25, 0.3) is 22.3 Å². The quantitative estimate of drug-likeness (QED) is 0.301. The molecular formula is C31H34N8O5S2. The van der Waals surface area contributed by atoms with Crippen molar-refractivity contribution in [1.82, 2.24) is 29.1 Å². The van der Waals surface area contributed by atoms with E-state index < -0.39 is 19.9 Å². The zero-order valence-electron chi connectivity index (χ0n) is 25.0. The Morgan fingerprint density at radius 1 is 0.978 bits per heavy atom. The zero-order chi connectivity index (χ0) is 31.9. The van der Waals surface area contributed by atoms with Crippen LogP contribution in [0.2, 0.25) is 0 Å². The number of amides is 1. The molecule has 7 rings (SSSR count). The summed E-state index contributed by atoms with van der Waals surface area (Å²) in [4.78, 5) is 33.8. The first-order valence-corrected chi connectivity index (χ1v) is 18.5. The number of hydrogen-bond donors (Lipinski definition) is 2. The second-order valence-electron chi connectivity index (χ2n) is 11.9. The van der Waals surface area contributed by atoms with Crippen LogP contribution in [0.3, 0.4) is 0 Å². The van der Waals surface area contributed by atoms with Gasteiger partial charge in [-0.25, -0.2) is 26.8 Å². The fraction of sp³-hybridized carbons (Fsp3) is 0.355. The van der Waals surface area contributed by atoms with Crippen LogP contribution in [0.4, 0.5) is 11.5 Å². The van der Waals surface area contributed by atoms with Gasteiger partial charge < -0.3 is 15.2 Å². The first kappa shape index (κ1) is 30.5. The second kappa shape index (κ2) is 12.2. The van der Waals surface area contributed by atoms with Crippen LogP contribution in [-0.4, -0.2) is 102 Å². The van der Waals surface area contributed by atoms with Crippen molar-refractivity contribution in [2.24, 2.45) is 0 Å². The number of aromatic amines is 1. The fourth-order valence-electron chi connectivity index (χ4n) is 6.36. The number of nitrogens with one attached hydrogen (secondary N) is 2. The van der Waals surface area contributed by atoms with Gasteiger partial charge in [0.25, 0.3) is 5.91 Å². The number of piperidine rings is 1. The number of pyridine rings is 1. The lowest BCUT2D eigenvalue weighted by molar-refractivity contribution is 0.102. The van der Waals surface area contributed by atoms with Crippen molar-refractivity contribution in [2.75, 3.05) is 54.4 Å². The molecule has 1 atom stereocenters. The van der Waals surface area contributed by atoms with Crippen LogP contribution < -0.4 is 10.2 Å². The van der Waals surface area contributed by atoms with E-state index in [0.29, 0.717) is 55.6 Å². The summed E-state index contributed by atoms with van der Waals surface area (Å²) in [6.45, 7) is 3.31. The van der Waals surface area contributed by atoms with E-state index in [0.717, 1.165) is 41.6 Å². The molecule has 2 N–H and O–H groups in total. The molecule has 13 nitrogen and oxygen atoms in total. The van der Waals surface area contributed by atoms with Gasteiger partial charge in [-0.15, -0.1) is 0 Å². The second-order valence-corrected chi connectivity index (χ2v) is 16.0. The zero-order valence-corrected chi connectivity index (χ0v) is 26.7. The molecule has 0 bridgehead atoms. The SMILES string of the molecule is O=C(Nc1ccc(-c2cc3c(N4CCS(=O)(=O)CC4)ncnc3[nH]2)cc1)c1cc(CN2CCC[C@@H](N3CC=CS3(=O)=O)C2)ccn1. The Labute approximate surface area is 267 Å². The first-order chi connectivity index (χ1) is 22.1. The lowest BCUT2D eigenvalue weighted by Crippen LogP contribution is -2.48. The number of benzene rings is 1. The summed E-state index contributed by atoms with van der Waals surface area (Å²) in [6, 6.07) is 13.0. The van der Waals surface area contributed by atoms with Gasteiger partial charge in [-0.3, -0.25) is 14.7 Å². The standard InChI is InChI=1S/C31H34N8O5S2/c40-31(28-17-22(8-9-32-28)19-37-10-1-3-25(20-37)39-11-2-14-46(39,43)44)35-24-6-4-23(5-7-24)27-18-26-29(36-27)33-21-34-30(26)38-12-15-45(41,42)16-13-38/h2,4-9,14,17-18,21,25H,1,3,10-13,15-16,19-20H2,(H,35,40)(H,33,34,36)/t25-/m1/s1. The van der Waals surface area contributed by atoms with Crippen molar-refractivity contribution in [3.63, 3.8) is 0 Å². The number of nitrogens with zero attached hydrogens (tertiary/aromatic N) is 6. The molecule has 2 fully saturated rings. The molecule has 240 valence electrons. The molecule has 6 heterocycles. The highest BCUT2D eigenvalue weighted by Gasteiger charge is 2.34. The number of sulfone groups is 1. The maximum absolute atomic E-state index is 13.1. The summed E-state index contributed by atoms with van der Waals surface area (Å²) in [7, 11) is -6.34. The smallest absolute Gasteiger partial charge is 0.274 e. The predicted octanol–water partition coefficient (Wildman–Crippen LogP) is 2.63. The lowest BCUT2D eigenvalue weighted by atomic mass is 10.0. The molecule has 2 saturated heterocycles. The molecule has 3 aliphatic rings. The number of likely N-dealkylation sites (tertiary alicyclic amines) is 1. The minimum Gasteiger partial charge on any atom is -0.354 e. The number of anilines is 2. The molecule has 0 aliphatic carbocycles. The van der Waals surface area contributed by atoms with Crippen molar-refractivity contribution in [3.05, 3.63) is 77.7 Å². The van der Waals surface area contributed by atoms with E-state index in [1.54, 1.807) is 22.6 Å². The predicted molar refractivity (Wildman–Crippen MR) is 175 cm³/mol. The average molecular weight is 663 g/mol. The van der Waals surface area contributed by atoms with Gasteiger partial charge in [0.2, 0.25) is 10.0 Å². The van der Waals surface area contributed by atoms with Gasteiger partial charge in [-0.05, 0) is 60.8 Å². The highest BCUT2D eigenvalue weighted by Crippen LogP contribution is 2.30. The molecule has 46 heavy (non-hydrogen) atoms. The third kappa shape index (κ3) is 6.40. The Balaban J connectivity index is 0.998. The number of hydrogen-bond acceptors (Lipinski definition) is 10. The number of H-pyrrole nitrogens is 1. The van der Waals surface area contributed by atoms with E-state index in [9.17, 15) is 21.6 Å². The molecule has 15 heteroatoms. The van der Waals surface area contributed by atoms with Crippen LogP contribution in [0, 0.1) is 0 Å². The fourth-order valence-corrected chi connectivity index (χ4v) is 8.93. The first-order valence-electron chi connectivity index (χ1n) is 15.2. The molecular weight excluding hydrogens is 629 g/mol. The summed E-state index contributed by atoms with van der Waals surface area (Å²) < 4.78 is 50.1. The number of aromatic nitrogens is 4. The van der Waals surface area contributed by atoms with E-state index in [1.165, 1.54) is 11.7 Å². The van der Waals surface area contributed by atoms with Crippen LogP contribution in [-0.2, 0) is 26.4 Å².